The molecule has 3 aromatic rings. The van der Waals surface area contributed by atoms with Gasteiger partial charge in [-0.05, 0) is 61.1 Å². The number of H-pyrrole nitrogens is 1. The number of ether oxygens (including phenoxy) is 3. The lowest BCUT2D eigenvalue weighted by Gasteiger charge is -2.27. The number of nitrogens with one attached hydrogen (secondary N) is 1. The van der Waals surface area contributed by atoms with E-state index in [4.69, 9.17) is 14.2 Å². The summed E-state index contributed by atoms with van der Waals surface area (Å²) in [5, 5.41) is 18.3. The number of phenolic OH excluding ortho intramolecular Hbond substituents is 1. The van der Waals surface area contributed by atoms with Crippen molar-refractivity contribution in [2.75, 3.05) is 34.0 Å². The molecule has 2 N–H and O–H groups in total. The molecule has 1 aliphatic rings. The van der Waals surface area contributed by atoms with Crippen molar-refractivity contribution in [1.82, 2.24) is 15.1 Å². The van der Waals surface area contributed by atoms with Gasteiger partial charge in [0.05, 0.1) is 26.4 Å². The Bertz CT molecular complexity index is 1250. The van der Waals surface area contributed by atoms with Gasteiger partial charge < -0.3 is 24.2 Å². The molecule has 1 atom stereocenters. The van der Waals surface area contributed by atoms with Crippen molar-refractivity contribution in [2.24, 2.45) is 5.92 Å². The first-order valence-corrected chi connectivity index (χ1v) is 12.3. The third-order valence-electron chi connectivity index (χ3n) is 6.56. The van der Waals surface area contributed by atoms with E-state index in [1.807, 2.05) is 44.2 Å². The van der Waals surface area contributed by atoms with Gasteiger partial charge in [0.15, 0.2) is 11.5 Å². The normalized spacial score (nSPS) is 15.0. The SMILES string of the molecule is COCCN1C(=O)c2[nH]nc(-c3cc(C)cc(C)c3O)c2C1c1ccc(OCCC(C)C)c(OC)c1. The van der Waals surface area contributed by atoms with Crippen LogP contribution in [-0.4, -0.2) is 60.1 Å². The Morgan fingerprint density at radius 1 is 1.11 bits per heavy atom. The van der Waals surface area contributed by atoms with Crippen LogP contribution in [0.5, 0.6) is 17.2 Å². The molecule has 2 aromatic carbocycles. The molecule has 0 spiro atoms. The molecule has 0 aliphatic carbocycles. The molecule has 0 radical (unpaired) electrons. The predicted molar refractivity (Wildman–Crippen MR) is 138 cm³/mol. The van der Waals surface area contributed by atoms with Gasteiger partial charge in [0.2, 0.25) is 0 Å². The molecule has 0 saturated carbocycles. The minimum atomic E-state index is -0.435. The summed E-state index contributed by atoms with van der Waals surface area (Å²) < 4.78 is 16.9. The number of benzene rings is 2. The van der Waals surface area contributed by atoms with Crippen molar-refractivity contribution in [3.63, 3.8) is 0 Å². The van der Waals surface area contributed by atoms with Gasteiger partial charge in [-0.3, -0.25) is 9.89 Å². The van der Waals surface area contributed by atoms with E-state index in [1.54, 1.807) is 19.1 Å². The van der Waals surface area contributed by atoms with E-state index in [9.17, 15) is 9.90 Å². The zero-order valence-electron chi connectivity index (χ0n) is 21.8. The van der Waals surface area contributed by atoms with Crippen LogP contribution in [0.4, 0.5) is 0 Å². The van der Waals surface area contributed by atoms with Crippen LogP contribution in [0.1, 0.15) is 59.1 Å². The van der Waals surface area contributed by atoms with Gasteiger partial charge in [-0.1, -0.05) is 26.0 Å². The molecule has 2 heterocycles. The standard InChI is InChI=1S/C28H35N3O5/c1-16(2)9-11-36-21-8-7-19(15-22(21)35-6)26-23-24(20-14-17(3)13-18(4)27(20)32)29-30-25(23)28(33)31(26)10-12-34-5/h7-8,13-16,26,32H,9-12H2,1-6H3,(H,29,30). The molecular formula is C28H35N3O5. The highest BCUT2D eigenvalue weighted by Gasteiger charge is 2.42. The molecule has 8 nitrogen and oxygen atoms in total. The van der Waals surface area contributed by atoms with Crippen LogP contribution in [0.25, 0.3) is 11.3 Å². The molecule has 36 heavy (non-hydrogen) atoms. The van der Waals surface area contributed by atoms with E-state index in [-0.39, 0.29) is 11.7 Å². The summed E-state index contributed by atoms with van der Waals surface area (Å²) >= 11 is 0. The van der Waals surface area contributed by atoms with Gasteiger partial charge in [-0.15, -0.1) is 0 Å². The maximum absolute atomic E-state index is 13.5. The number of fused-ring (bicyclic) bond motifs is 1. The molecular weight excluding hydrogens is 458 g/mol. The van der Waals surface area contributed by atoms with Crippen LogP contribution in [0.15, 0.2) is 30.3 Å². The van der Waals surface area contributed by atoms with Gasteiger partial charge in [-0.25, -0.2) is 0 Å². The van der Waals surface area contributed by atoms with Crippen LogP contribution in [-0.2, 0) is 4.74 Å². The highest BCUT2D eigenvalue weighted by Crippen LogP contribution is 2.46. The number of hydrogen-bond donors (Lipinski definition) is 2. The minimum Gasteiger partial charge on any atom is -0.507 e. The van der Waals surface area contributed by atoms with Gasteiger partial charge in [0.1, 0.15) is 17.1 Å². The molecule has 192 valence electrons. The average molecular weight is 494 g/mol. The molecule has 1 amide bonds. The Hall–Kier alpha value is -3.52. The largest absolute Gasteiger partial charge is 0.507 e. The number of aromatic nitrogens is 2. The van der Waals surface area contributed by atoms with Gasteiger partial charge in [0, 0.05) is 24.8 Å². The first-order chi connectivity index (χ1) is 17.3. The first kappa shape index (κ1) is 25.6. The highest BCUT2D eigenvalue weighted by atomic mass is 16.5. The van der Waals surface area contributed by atoms with Gasteiger partial charge >= 0.3 is 0 Å². The number of aryl methyl sites for hydroxylation is 2. The summed E-state index contributed by atoms with van der Waals surface area (Å²) in [4.78, 5) is 15.2. The monoisotopic (exact) mass is 493 g/mol. The number of amides is 1. The predicted octanol–water partition coefficient (Wildman–Crippen LogP) is 5.02. The maximum Gasteiger partial charge on any atom is 0.273 e. The van der Waals surface area contributed by atoms with Crippen LogP contribution in [0.3, 0.4) is 0 Å². The fourth-order valence-electron chi connectivity index (χ4n) is 4.69. The molecule has 4 rings (SSSR count). The van der Waals surface area contributed by atoms with Crippen LogP contribution >= 0.6 is 0 Å². The lowest BCUT2D eigenvalue weighted by Crippen LogP contribution is -2.32. The first-order valence-electron chi connectivity index (χ1n) is 12.3. The molecule has 0 saturated heterocycles. The smallest absolute Gasteiger partial charge is 0.273 e. The number of methoxy groups -OCH3 is 2. The van der Waals surface area contributed by atoms with Crippen molar-refractivity contribution in [2.45, 2.75) is 40.2 Å². The molecule has 1 aliphatic heterocycles. The molecule has 0 fully saturated rings. The van der Waals surface area contributed by atoms with Crippen LogP contribution < -0.4 is 9.47 Å². The third-order valence-corrected chi connectivity index (χ3v) is 6.56. The lowest BCUT2D eigenvalue weighted by molar-refractivity contribution is 0.0677. The number of rotatable bonds is 10. The van der Waals surface area contributed by atoms with E-state index in [0.717, 1.165) is 28.7 Å². The summed E-state index contributed by atoms with van der Waals surface area (Å²) in [5.41, 5.74) is 4.91. The number of aromatic hydroxyl groups is 1. The van der Waals surface area contributed by atoms with Crippen molar-refractivity contribution in [3.8, 4) is 28.5 Å². The Balaban J connectivity index is 1.81. The Labute approximate surface area is 212 Å². The fraction of sp³-hybridized carbons (Fsp3) is 0.429. The molecule has 8 heteroatoms. The quantitative estimate of drug-likeness (QED) is 0.411. The number of carbonyl (C=O) groups excluding carboxylic acids is 1. The fourth-order valence-corrected chi connectivity index (χ4v) is 4.69. The summed E-state index contributed by atoms with van der Waals surface area (Å²) in [6.07, 6.45) is 0.938. The van der Waals surface area contributed by atoms with E-state index < -0.39 is 6.04 Å². The Morgan fingerprint density at radius 3 is 2.58 bits per heavy atom. The molecule has 1 aromatic heterocycles. The summed E-state index contributed by atoms with van der Waals surface area (Å²) in [7, 11) is 3.22. The van der Waals surface area contributed by atoms with E-state index >= 15 is 0 Å². The van der Waals surface area contributed by atoms with E-state index in [1.165, 1.54) is 0 Å². The zero-order chi connectivity index (χ0) is 26.0. The van der Waals surface area contributed by atoms with Crippen LogP contribution in [0.2, 0.25) is 0 Å². The maximum atomic E-state index is 13.5. The average Bonchev–Trinajstić information content (AvgIpc) is 3.38. The van der Waals surface area contributed by atoms with Crippen molar-refractivity contribution in [3.05, 3.63) is 58.3 Å². The number of aromatic amines is 1. The van der Waals surface area contributed by atoms with E-state index in [0.29, 0.717) is 54.1 Å². The highest BCUT2D eigenvalue weighted by molar-refractivity contribution is 6.00. The minimum absolute atomic E-state index is 0.155. The van der Waals surface area contributed by atoms with Crippen molar-refractivity contribution in [1.29, 1.82) is 0 Å². The number of phenols is 1. The van der Waals surface area contributed by atoms with Crippen molar-refractivity contribution >= 4 is 5.91 Å². The van der Waals surface area contributed by atoms with E-state index in [2.05, 4.69) is 24.0 Å². The molecule has 1 unspecified atom stereocenters. The number of hydrogen-bond acceptors (Lipinski definition) is 6. The summed E-state index contributed by atoms with van der Waals surface area (Å²) in [5.74, 6) is 1.79. The van der Waals surface area contributed by atoms with Gasteiger partial charge in [0.25, 0.3) is 5.91 Å². The number of nitrogens with zero attached hydrogens (tertiary/aromatic N) is 2. The topological polar surface area (TPSA) is 96.9 Å². The van der Waals surface area contributed by atoms with Gasteiger partial charge in [-0.2, -0.15) is 5.10 Å². The number of carbonyl (C=O) groups is 1. The van der Waals surface area contributed by atoms with Crippen LogP contribution in [0, 0.1) is 19.8 Å². The Kier molecular flexibility index (Phi) is 7.54. The summed E-state index contributed by atoms with van der Waals surface area (Å²) in [6.45, 7) is 9.52. The second kappa shape index (κ2) is 10.6. The zero-order valence-corrected chi connectivity index (χ0v) is 21.8. The third kappa shape index (κ3) is 4.78. The second-order valence-corrected chi connectivity index (χ2v) is 9.67. The van der Waals surface area contributed by atoms with Crippen molar-refractivity contribution < 1.29 is 24.1 Å². The molecule has 0 bridgehead atoms. The Morgan fingerprint density at radius 2 is 1.89 bits per heavy atom. The second-order valence-electron chi connectivity index (χ2n) is 9.67. The summed E-state index contributed by atoms with van der Waals surface area (Å²) in [6, 6.07) is 9.13. The lowest BCUT2D eigenvalue weighted by atomic mass is 9.94.